The minimum absolute atomic E-state index is 0.0197. The first-order valence-corrected chi connectivity index (χ1v) is 4.86. The summed E-state index contributed by atoms with van der Waals surface area (Å²) >= 11 is 0. The van der Waals surface area contributed by atoms with Crippen LogP contribution in [0.5, 0.6) is 5.75 Å². The lowest BCUT2D eigenvalue weighted by atomic mass is 10.1. The normalized spacial score (nSPS) is 11.3. The van der Waals surface area contributed by atoms with E-state index in [2.05, 4.69) is 0 Å². The lowest BCUT2D eigenvalue weighted by molar-refractivity contribution is -0.157. The minimum atomic E-state index is -4.40. The van der Waals surface area contributed by atoms with E-state index in [9.17, 15) is 18.0 Å². The van der Waals surface area contributed by atoms with Crippen LogP contribution in [0.25, 0.3) is 0 Å². The number of nitrogens with zero attached hydrogens (tertiary/aromatic N) is 1. The second kappa shape index (κ2) is 5.07. The van der Waals surface area contributed by atoms with Crippen LogP contribution in [0.1, 0.15) is 5.56 Å². The van der Waals surface area contributed by atoms with Gasteiger partial charge in [0.2, 0.25) is 5.91 Å². The van der Waals surface area contributed by atoms with Crippen LogP contribution >= 0.6 is 0 Å². The molecule has 1 rings (SSSR count). The average Bonchev–Trinajstić information content (AvgIpc) is 2.14. The predicted octanol–water partition coefficient (Wildman–Crippen LogP) is 1.96. The number of rotatable bonds is 3. The van der Waals surface area contributed by atoms with Gasteiger partial charge in [-0.3, -0.25) is 4.79 Å². The summed E-state index contributed by atoms with van der Waals surface area (Å²) in [5.74, 6) is -0.665. The molecular formula is C11H12F3NO2. The first-order chi connectivity index (χ1) is 7.78. The Morgan fingerprint density at radius 3 is 2.59 bits per heavy atom. The van der Waals surface area contributed by atoms with Crippen molar-refractivity contribution in [1.29, 1.82) is 0 Å². The van der Waals surface area contributed by atoms with Gasteiger partial charge in [0.05, 0.1) is 6.42 Å². The number of phenolic OH excluding ortho intramolecular Hbond substituents is 1. The molecule has 1 aromatic carbocycles. The van der Waals surface area contributed by atoms with Crippen LogP contribution in [-0.2, 0) is 11.2 Å². The maximum Gasteiger partial charge on any atom is 0.406 e. The Morgan fingerprint density at radius 2 is 2.06 bits per heavy atom. The smallest absolute Gasteiger partial charge is 0.406 e. The van der Waals surface area contributed by atoms with Gasteiger partial charge in [-0.25, -0.2) is 0 Å². The molecular weight excluding hydrogens is 235 g/mol. The van der Waals surface area contributed by atoms with Crippen molar-refractivity contribution in [3.05, 3.63) is 29.8 Å². The van der Waals surface area contributed by atoms with E-state index in [0.29, 0.717) is 10.5 Å². The Hall–Kier alpha value is -1.72. The molecule has 6 heteroatoms. The van der Waals surface area contributed by atoms with Crippen molar-refractivity contribution in [2.75, 3.05) is 13.6 Å². The first kappa shape index (κ1) is 13.3. The third-order valence-electron chi connectivity index (χ3n) is 2.11. The van der Waals surface area contributed by atoms with Crippen molar-refractivity contribution in [2.45, 2.75) is 12.6 Å². The molecule has 1 aromatic rings. The van der Waals surface area contributed by atoms with E-state index in [4.69, 9.17) is 5.11 Å². The number of halogens is 3. The van der Waals surface area contributed by atoms with Crippen LogP contribution in [0, 0.1) is 0 Å². The summed E-state index contributed by atoms with van der Waals surface area (Å²) in [4.78, 5) is 12.1. The molecule has 0 atom stereocenters. The zero-order chi connectivity index (χ0) is 13.1. The molecule has 0 bridgehead atoms. The largest absolute Gasteiger partial charge is 0.508 e. The van der Waals surface area contributed by atoms with E-state index < -0.39 is 18.6 Å². The molecule has 0 heterocycles. The van der Waals surface area contributed by atoms with Crippen LogP contribution in [0.2, 0.25) is 0 Å². The molecule has 1 amide bonds. The van der Waals surface area contributed by atoms with Gasteiger partial charge in [-0.2, -0.15) is 13.2 Å². The minimum Gasteiger partial charge on any atom is -0.508 e. The van der Waals surface area contributed by atoms with E-state index in [1.165, 1.54) is 18.2 Å². The van der Waals surface area contributed by atoms with E-state index in [0.717, 1.165) is 7.05 Å². The zero-order valence-corrected chi connectivity index (χ0v) is 9.16. The van der Waals surface area contributed by atoms with E-state index in [1.54, 1.807) is 6.07 Å². The molecule has 1 N–H and O–H groups in total. The van der Waals surface area contributed by atoms with E-state index in [-0.39, 0.29) is 12.2 Å². The molecule has 0 aliphatic rings. The number of alkyl halides is 3. The number of carbonyl (C=O) groups excluding carboxylic acids is 1. The molecule has 0 aliphatic carbocycles. The molecule has 94 valence electrons. The van der Waals surface area contributed by atoms with E-state index in [1.807, 2.05) is 0 Å². The van der Waals surface area contributed by atoms with Gasteiger partial charge in [-0.05, 0) is 17.7 Å². The maximum absolute atomic E-state index is 12.0. The molecule has 0 aromatic heterocycles. The van der Waals surface area contributed by atoms with Crippen molar-refractivity contribution < 1.29 is 23.1 Å². The number of benzene rings is 1. The number of likely N-dealkylation sites (N-methyl/N-ethyl adjacent to an activating group) is 1. The summed E-state index contributed by atoms with van der Waals surface area (Å²) in [6, 6.07) is 5.87. The van der Waals surface area contributed by atoms with Gasteiger partial charge in [0.25, 0.3) is 0 Å². The van der Waals surface area contributed by atoms with Crippen LogP contribution in [0.4, 0.5) is 13.2 Å². The number of carbonyl (C=O) groups is 1. The summed E-state index contributed by atoms with van der Waals surface area (Å²) in [6.07, 6.45) is -4.57. The quantitative estimate of drug-likeness (QED) is 0.886. The van der Waals surface area contributed by atoms with Gasteiger partial charge in [0.15, 0.2) is 0 Å². The molecule has 0 saturated carbocycles. The highest BCUT2D eigenvalue weighted by Gasteiger charge is 2.31. The summed E-state index contributed by atoms with van der Waals surface area (Å²) < 4.78 is 36.1. The topological polar surface area (TPSA) is 40.5 Å². The highest BCUT2D eigenvalue weighted by Crippen LogP contribution is 2.17. The SMILES string of the molecule is CN(CC(F)(F)F)C(=O)Cc1cccc(O)c1. The van der Waals surface area contributed by atoms with Crippen molar-refractivity contribution in [3.8, 4) is 5.75 Å². The van der Waals surface area contributed by atoms with Crippen LogP contribution in [0.15, 0.2) is 24.3 Å². The number of amides is 1. The van der Waals surface area contributed by atoms with Gasteiger partial charge in [0, 0.05) is 7.05 Å². The molecule has 0 spiro atoms. The van der Waals surface area contributed by atoms with E-state index >= 15 is 0 Å². The standard InChI is InChI=1S/C11H12F3NO2/c1-15(7-11(12,13)14)10(17)6-8-3-2-4-9(16)5-8/h2-5,16H,6-7H2,1H3. The fourth-order valence-corrected chi connectivity index (χ4v) is 1.33. The Balaban J connectivity index is 2.60. The summed E-state index contributed by atoms with van der Waals surface area (Å²) in [7, 11) is 1.10. The van der Waals surface area contributed by atoms with Crippen molar-refractivity contribution in [2.24, 2.45) is 0 Å². The van der Waals surface area contributed by atoms with Crippen molar-refractivity contribution in [3.63, 3.8) is 0 Å². The Bertz CT molecular complexity index is 404. The molecule has 0 fully saturated rings. The third kappa shape index (κ3) is 4.76. The van der Waals surface area contributed by atoms with Crippen LogP contribution in [0.3, 0.4) is 0 Å². The third-order valence-corrected chi connectivity index (χ3v) is 2.11. The van der Waals surface area contributed by atoms with Crippen molar-refractivity contribution >= 4 is 5.91 Å². The molecule has 0 aliphatic heterocycles. The first-order valence-electron chi connectivity index (χ1n) is 4.86. The predicted molar refractivity (Wildman–Crippen MR) is 55.5 cm³/mol. The Morgan fingerprint density at radius 1 is 1.41 bits per heavy atom. The molecule has 0 radical (unpaired) electrons. The second-order valence-corrected chi connectivity index (χ2v) is 3.71. The number of phenols is 1. The van der Waals surface area contributed by atoms with Gasteiger partial charge < -0.3 is 10.0 Å². The highest BCUT2D eigenvalue weighted by molar-refractivity contribution is 5.78. The molecule has 0 unspecified atom stereocenters. The zero-order valence-electron chi connectivity index (χ0n) is 9.16. The number of hydrogen-bond donors (Lipinski definition) is 1. The van der Waals surface area contributed by atoms with Crippen LogP contribution < -0.4 is 0 Å². The Labute approximate surface area is 96.5 Å². The monoisotopic (exact) mass is 247 g/mol. The second-order valence-electron chi connectivity index (χ2n) is 3.71. The fraction of sp³-hybridized carbons (Fsp3) is 0.364. The highest BCUT2D eigenvalue weighted by atomic mass is 19.4. The van der Waals surface area contributed by atoms with Gasteiger partial charge in [-0.15, -0.1) is 0 Å². The van der Waals surface area contributed by atoms with Crippen LogP contribution in [-0.4, -0.2) is 35.7 Å². The van der Waals surface area contributed by atoms with Gasteiger partial charge in [0.1, 0.15) is 12.3 Å². The molecule has 17 heavy (non-hydrogen) atoms. The van der Waals surface area contributed by atoms with Crippen molar-refractivity contribution in [1.82, 2.24) is 4.90 Å². The Kier molecular flexibility index (Phi) is 3.98. The number of hydrogen-bond acceptors (Lipinski definition) is 2. The fourth-order valence-electron chi connectivity index (χ4n) is 1.33. The maximum atomic E-state index is 12.0. The lowest BCUT2D eigenvalue weighted by Gasteiger charge is -2.18. The van der Waals surface area contributed by atoms with Gasteiger partial charge >= 0.3 is 6.18 Å². The average molecular weight is 247 g/mol. The molecule has 0 saturated heterocycles. The lowest BCUT2D eigenvalue weighted by Crippen LogP contribution is -2.36. The summed E-state index contributed by atoms with van der Waals surface area (Å²) in [5, 5.41) is 9.15. The summed E-state index contributed by atoms with van der Waals surface area (Å²) in [5.41, 5.74) is 0.476. The van der Waals surface area contributed by atoms with Gasteiger partial charge in [-0.1, -0.05) is 12.1 Å². The summed E-state index contributed by atoms with van der Waals surface area (Å²) in [6.45, 7) is -1.27. The molecule has 3 nitrogen and oxygen atoms in total. The number of aromatic hydroxyl groups is 1.